The molecule has 0 heterocycles. The highest BCUT2D eigenvalue weighted by Crippen LogP contribution is 2.31. The van der Waals surface area contributed by atoms with Gasteiger partial charge in [-0.1, -0.05) is 13.8 Å². The summed E-state index contributed by atoms with van der Waals surface area (Å²) in [5.41, 5.74) is -0.0752. The van der Waals surface area contributed by atoms with E-state index < -0.39 is 0 Å². The average molecular weight is 243 g/mol. The van der Waals surface area contributed by atoms with E-state index in [1.807, 2.05) is 0 Å². The lowest BCUT2D eigenvalue weighted by Gasteiger charge is -2.46. The number of rotatable bonds is 7. The van der Waals surface area contributed by atoms with E-state index in [-0.39, 0.29) is 17.8 Å². The van der Waals surface area contributed by atoms with Crippen molar-refractivity contribution >= 4 is 0 Å². The molecule has 0 aromatic carbocycles. The zero-order chi connectivity index (χ0) is 12.9. The second-order valence-electron chi connectivity index (χ2n) is 5.90. The van der Waals surface area contributed by atoms with Crippen LogP contribution in [0.3, 0.4) is 0 Å². The second-order valence-corrected chi connectivity index (χ2v) is 5.90. The maximum atomic E-state index is 6.03. The van der Waals surface area contributed by atoms with Crippen LogP contribution in [0.25, 0.3) is 0 Å². The van der Waals surface area contributed by atoms with Crippen LogP contribution in [0.15, 0.2) is 0 Å². The Morgan fingerprint density at radius 3 is 2.41 bits per heavy atom. The third-order valence-corrected chi connectivity index (χ3v) is 2.93. The van der Waals surface area contributed by atoms with Gasteiger partial charge in [0.05, 0.1) is 17.8 Å². The van der Waals surface area contributed by atoms with Crippen LogP contribution >= 0.6 is 0 Å². The van der Waals surface area contributed by atoms with E-state index in [9.17, 15) is 0 Å². The quantitative estimate of drug-likeness (QED) is 0.746. The molecule has 1 N–H and O–H groups in total. The van der Waals surface area contributed by atoms with Crippen LogP contribution in [0.5, 0.6) is 0 Å². The minimum Gasteiger partial charge on any atom is -0.374 e. The summed E-state index contributed by atoms with van der Waals surface area (Å²) in [4.78, 5) is 0. The van der Waals surface area contributed by atoms with Crippen LogP contribution in [-0.2, 0) is 9.47 Å². The van der Waals surface area contributed by atoms with Gasteiger partial charge in [0.1, 0.15) is 0 Å². The number of nitrogens with one attached hydrogen (secondary N) is 1. The lowest BCUT2D eigenvalue weighted by atomic mass is 9.84. The summed E-state index contributed by atoms with van der Waals surface area (Å²) >= 11 is 0. The molecule has 0 saturated heterocycles. The second kappa shape index (κ2) is 6.72. The molecule has 1 saturated carbocycles. The first kappa shape index (κ1) is 14.9. The van der Waals surface area contributed by atoms with Crippen molar-refractivity contribution in [3.63, 3.8) is 0 Å². The van der Waals surface area contributed by atoms with E-state index >= 15 is 0 Å². The Balaban J connectivity index is 2.39. The molecular weight excluding hydrogens is 214 g/mol. The molecule has 3 atom stereocenters. The molecule has 0 spiro atoms. The Bertz CT molecular complexity index is 213. The first-order valence-electron chi connectivity index (χ1n) is 7.00. The zero-order valence-corrected chi connectivity index (χ0v) is 12.1. The maximum absolute atomic E-state index is 6.03. The highest BCUT2D eigenvalue weighted by atomic mass is 16.6. The molecule has 3 heteroatoms. The Labute approximate surface area is 106 Å². The molecule has 0 aliphatic heterocycles. The van der Waals surface area contributed by atoms with Crippen LogP contribution in [0.1, 0.15) is 53.9 Å². The molecule has 3 nitrogen and oxygen atoms in total. The Kier molecular flexibility index (Phi) is 5.90. The van der Waals surface area contributed by atoms with Crippen LogP contribution in [0.4, 0.5) is 0 Å². The van der Waals surface area contributed by atoms with Crippen LogP contribution < -0.4 is 5.32 Å². The third kappa shape index (κ3) is 4.94. The van der Waals surface area contributed by atoms with E-state index in [2.05, 4.69) is 39.9 Å². The lowest BCUT2D eigenvalue weighted by molar-refractivity contribution is -0.187. The summed E-state index contributed by atoms with van der Waals surface area (Å²) in [6.07, 6.45) is 3.81. The van der Waals surface area contributed by atoms with Gasteiger partial charge in [-0.2, -0.15) is 0 Å². The Morgan fingerprint density at radius 2 is 1.88 bits per heavy atom. The summed E-state index contributed by atoms with van der Waals surface area (Å²) in [7, 11) is 0. The normalized spacial score (nSPS) is 29.1. The average Bonchev–Trinajstić information content (AvgIpc) is 2.21. The molecular formula is C14H29NO2. The molecule has 17 heavy (non-hydrogen) atoms. The molecule has 1 fully saturated rings. The van der Waals surface area contributed by atoms with Crippen molar-refractivity contribution < 1.29 is 9.47 Å². The first-order valence-corrected chi connectivity index (χ1v) is 7.00. The topological polar surface area (TPSA) is 30.5 Å². The summed E-state index contributed by atoms with van der Waals surface area (Å²) in [5, 5.41) is 3.54. The molecule has 0 aromatic rings. The van der Waals surface area contributed by atoms with Crippen molar-refractivity contribution in [1.82, 2.24) is 5.32 Å². The van der Waals surface area contributed by atoms with E-state index in [1.54, 1.807) is 0 Å². The van der Waals surface area contributed by atoms with Crippen molar-refractivity contribution in [2.75, 3.05) is 13.2 Å². The highest BCUT2D eigenvalue weighted by molar-refractivity contribution is 4.98. The zero-order valence-electron chi connectivity index (χ0n) is 12.1. The van der Waals surface area contributed by atoms with Gasteiger partial charge in [0.25, 0.3) is 0 Å². The van der Waals surface area contributed by atoms with Crippen molar-refractivity contribution in [3.05, 3.63) is 0 Å². The molecule has 1 rings (SSSR count). The molecule has 102 valence electrons. The minimum atomic E-state index is -0.0752. The predicted octanol–water partition coefficient (Wildman–Crippen LogP) is 2.74. The van der Waals surface area contributed by atoms with Crippen molar-refractivity contribution in [2.24, 2.45) is 0 Å². The van der Waals surface area contributed by atoms with Crippen molar-refractivity contribution in [3.8, 4) is 0 Å². The molecule has 0 radical (unpaired) electrons. The van der Waals surface area contributed by atoms with Gasteiger partial charge in [0.15, 0.2) is 0 Å². The Hall–Kier alpha value is -0.120. The summed E-state index contributed by atoms with van der Waals surface area (Å²) in [5.74, 6) is 0. The number of hydrogen-bond acceptors (Lipinski definition) is 3. The first-order chi connectivity index (χ1) is 7.98. The van der Waals surface area contributed by atoms with Crippen LogP contribution in [-0.4, -0.2) is 37.0 Å². The van der Waals surface area contributed by atoms with Gasteiger partial charge in [-0.3, -0.25) is 0 Å². The minimum absolute atomic E-state index is 0.0752. The fourth-order valence-corrected chi connectivity index (χ4v) is 2.16. The Morgan fingerprint density at radius 1 is 1.18 bits per heavy atom. The van der Waals surface area contributed by atoms with E-state index in [4.69, 9.17) is 9.47 Å². The number of ether oxygens (including phenoxy) is 2. The smallest absolute Gasteiger partial charge is 0.0990 e. The largest absolute Gasteiger partial charge is 0.374 e. The van der Waals surface area contributed by atoms with Gasteiger partial charge in [0, 0.05) is 12.6 Å². The molecule has 1 aliphatic carbocycles. The fraction of sp³-hybridized carbons (Fsp3) is 1.00. The van der Waals surface area contributed by atoms with E-state index in [0.717, 1.165) is 26.0 Å². The summed E-state index contributed by atoms with van der Waals surface area (Å²) in [6.45, 7) is 12.6. The SMILES string of the molecule is CCCNC1CC(OC(C)(C)C)C1OCCC. The standard InChI is InChI=1S/C14H29NO2/c1-6-8-15-11-10-12(17-14(3,4)5)13(11)16-9-7-2/h11-13,15H,6-10H2,1-5H3. The molecule has 3 unspecified atom stereocenters. The van der Waals surface area contributed by atoms with Gasteiger partial charge in [-0.15, -0.1) is 0 Å². The van der Waals surface area contributed by atoms with Crippen molar-refractivity contribution in [2.45, 2.75) is 77.7 Å². The van der Waals surface area contributed by atoms with Gasteiger partial charge >= 0.3 is 0 Å². The maximum Gasteiger partial charge on any atom is 0.0990 e. The van der Waals surface area contributed by atoms with Crippen molar-refractivity contribution in [1.29, 1.82) is 0 Å². The monoisotopic (exact) mass is 243 g/mol. The molecule has 1 aliphatic rings. The van der Waals surface area contributed by atoms with E-state index in [0.29, 0.717) is 6.04 Å². The predicted molar refractivity (Wildman–Crippen MR) is 71.4 cm³/mol. The third-order valence-electron chi connectivity index (χ3n) is 2.93. The van der Waals surface area contributed by atoms with Gasteiger partial charge < -0.3 is 14.8 Å². The van der Waals surface area contributed by atoms with Crippen LogP contribution in [0, 0.1) is 0 Å². The van der Waals surface area contributed by atoms with Gasteiger partial charge in [-0.25, -0.2) is 0 Å². The lowest BCUT2D eigenvalue weighted by Crippen LogP contribution is -2.61. The van der Waals surface area contributed by atoms with Crippen LogP contribution in [0.2, 0.25) is 0 Å². The summed E-state index contributed by atoms with van der Waals surface area (Å²) < 4.78 is 11.9. The molecule has 0 bridgehead atoms. The fourth-order valence-electron chi connectivity index (χ4n) is 2.16. The van der Waals surface area contributed by atoms with Gasteiger partial charge in [0.2, 0.25) is 0 Å². The highest BCUT2D eigenvalue weighted by Gasteiger charge is 2.44. The molecule has 0 aromatic heterocycles. The summed E-state index contributed by atoms with van der Waals surface area (Å²) in [6, 6.07) is 0.480. The number of hydrogen-bond donors (Lipinski definition) is 1. The van der Waals surface area contributed by atoms with E-state index in [1.165, 1.54) is 6.42 Å². The molecule has 0 amide bonds. The van der Waals surface area contributed by atoms with Gasteiger partial charge in [-0.05, 0) is 46.6 Å².